The van der Waals surface area contributed by atoms with Crippen LogP contribution in [0.2, 0.25) is 0 Å². The largest absolute Gasteiger partial charge is 0.294 e. The van der Waals surface area contributed by atoms with Crippen LogP contribution in [-0.2, 0) is 0 Å². The lowest BCUT2D eigenvalue weighted by Gasteiger charge is -2.10. The molecule has 0 bridgehead atoms. The molecule has 0 aliphatic carbocycles. The van der Waals surface area contributed by atoms with Gasteiger partial charge in [0, 0.05) is 12.0 Å². The van der Waals surface area contributed by atoms with Gasteiger partial charge in [0.15, 0.2) is 5.78 Å². The molecule has 1 rings (SSSR count). The average Bonchev–Trinajstić information content (AvgIpc) is 2.26. The Bertz CT molecular complexity index is 281. The summed E-state index contributed by atoms with van der Waals surface area (Å²) in [6.45, 7) is 4.23. The molecular weight excluding hydrogens is 176 g/mol. The molecule has 0 atom stereocenters. The summed E-state index contributed by atoms with van der Waals surface area (Å²) in [7, 11) is 0. The van der Waals surface area contributed by atoms with Gasteiger partial charge in [-0.25, -0.2) is 0 Å². The fourth-order valence-electron chi connectivity index (χ4n) is 1.41. The van der Waals surface area contributed by atoms with Crippen molar-refractivity contribution in [1.82, 2.24) is 10.2 Å². The Labute approximate surface area is 84.6 Å². The molecule has 14 heavy (non-hydrogen) atoms. The lowest BCUT2D eigenvalue weighted by molar-refractivity contribution is 0.0958. The maximum Gasteiger partial charge on any atom is 0.164 e. The van der Waals surface area contributed by atoms with Crippen molar-refractivity contribution in [1.29, 1.82) is 0 Å². The van der Waals surface area contributed by atoms with Crippen molar-refractivity contribution in [3.8, 4) is 0 Å². The van der Waals surface area contributed by atoms with Gasteiger partial charge in [-0.05, 0) is 12.0 Å². The first-order valence-electron chi connectivity index (χ1n) is 5.07. The molecule has 1 aromatic rings. The Morgan fingerprint density at radius 3 is 2.57 bits per heavy atom. The van der Waals surface area contributed by atoms with E-state index in [1.807, 2.05) is 0 Å². The summed E-state index contributed by atoms with van der Waals surface area (Å²) in [4.78, 5) is 11.7. The maximum atomic E-state index is 11.7. The molecule has 76 valence electrons. The van der Waals surface area contributed by atoms with Gasteiger partial charge in [0.2, 0.25) is 0 Å². The Morgan fingerprint density at radius 1 is 1.36 bits per heavy atom. The molecular formula is C11H16N2O. The number of hydrogen-bond acceptors (Lipinski definition) is 3. The highest BCUT2D eigenvalue weighted by Crippen LogP contribution is 2.15. The molecule has 0 radical (unpaired) electrons. The quantitative estimate of drug-likeness (QED) is 0.673. The fraction of sp³-hybridized carbons (Fsp3) is 0.545. The fourth-order valence-corrected chi connectivity index (χ4v) is 1.41. The third-order valence-corrected chi connectivity index (χ3v) is 2.53. The van der Waals surface area contributed by atoms with E-state index in [-0.39, 0.29) is 5.78 Å². The summed E-state index contributed by atoms with van der Waals surface area (Å²) in [5.41, 5.74) is 0.673. The van der Waals surface area contributed by atoms with E-state index in [4.69, 9.17) is 0 Å². The number of Topliss-reactive ketones (excluding diaryl/α,β-unsaturated/α-hetero) is 1. The number of ketones is 1. The summed E-state index contributed by atoms with van der Waals surface area (Å²) < 4.78 is 0. The highest BCUT2D eigenvalue weighted by molar-refractivity contribution is 5.95. The summed E-state index contributed by atoms with van der Waals surface area (Å²) in [5, 5.41) is 7.34. The average molecular weight is 192 g/mol. The molecule has 0 N–H and O–H groups in total. The second kappa shape index (κ2) is 5.47. The van der Waals surface area contributed by atoms with Crippen LogP contribution in [0.1, 0.15) is 43.5 Å². The monoisotopic (exact) mass is 192 g/mol. The molecule has 0 unspecified atom stereocenters. The SMILES string of the molecule is CCC(CC)CC(=O)c1ccnnc1. The van der Waals surface area contributed by atoms with Gasteiger partial charge >= 0.3 is 0 Å². The van der Waals surface area contributed by atoms with E-state index in [1.54, 1.807) is 12.3 Å². The van der Waals surface area contributed by atoms with Crippen LogP contribution in [-0.4, -0.2) is 16.0 Å². The zero-order valence-corrected chi connectivity index (χ0v) is 8.73. The topological polar surface area (TPSA) is 42.9 Å². The van der Waals surface area contributed by atoms with Gasteiger partial charge in [-0.2, -0.15) is 10.2 Å². The highest BCUT2D eigenvalue weighted by atomic mass is 16.1. The van der Waals surface area contributed by atoms with Gasteiger partial charge in [0.25, 0.3) is 0 Å². The van der Waals surface area contributed by atoms with Crippen molar-refractivity contribution >= 4 is 5.78 Å². The predicted octanol–water partition coefficient (Wildman–Crippen LogP) is 2.49. The van der Waals surface area contributed by atoms with Crippen molar-refractivity contribution in [3.63, 3.8) is 0 Å². The first-order valence-corrected chi connectivity index (χ1v) is 5.07. The normalized spacial score (nSPS) is 10.5. The van der Waals surface area contributed by atoms with Crippen LogP contribution in [0.5, 0.6) is 0 Å². The molecule has 0 aliphatic heterocycles. The van der Waals surface area contributed by atoms with E-state index in [0.29, 0.717) is 17.9 Å². The lowest BCUT2D eigenvalue weighted by atomic mass is 9.95. The van der Waals surface area contributed by atoms with E-state index >= 15 is 0 Å². The van der Waals surface area contributed by atoms with E-state index < -0.39 is 0 Å². The molecule has 0 saturated heterocycles. The molecule has 0 amide bonds. The molecule has 3 heteroatoms. The first kappa shape index (κ1) is 10.8. The molecule has 0 saturated carbocycles. The van der Waals surface area contributed by atoms with Crippen LogP contribution in [0.25, 0.3) is 0 Å². The number of rotatable bonds is 5. The maximum absolute atomic E-state index is 11.7. The van der Waals surface area contributed by atoms with Gasteiger partial charge < -0.3 is 0 Å². The molecule has 0 aromatic carbocycles. The van der Waals surface area contributed by atoms with Crippen LogP contribution in [0.3, 0.4) is 0 Å². The summed E-state index contributed by atoms with van der Waals surface area (Å²) in [6, 6.07) is 1.72. The number of aromatic nitrogens is 2. The number of nitrogens with zero attached hydrogens (tertiary/aromatic N) is 2. The van der Waals surface area contributed by atoms with Crippen molar-refractivity contribution in [2.45, 2.75) is 33.1 Å². The third kappa shape index (κ3) is 2.91. The Morgan fingerprint density at radius 2 is 2.07 bits per heavy atom. The highest BCUT2D eigenvalue weighted by Gasteiger charge is 2.11. The first-order chi connectivity index (χ1) is 6.77. The third-order valence-electron chi connectivity index (χ3n) is 2.53. The van der Waals surface area contributed by atoms with Crippen molar-refractivity contribution in [2.75, 3.05) is 0 Å². The standard InChI is InChI=1S/C11H16N2O/c1-3-9(4-2)7-11(14)10-5-6-12-13-8-10/h5-6,8-9H,3-4,7H2,1-2H3. The minimum atomic E-state index is 0.175. The Kier molecular flexibility index (Phi) is 4.23. The zero-order chi connectivity index (χ0) is 10.4. The van der Waals surface area contributed by atoms with Crippen molar-refractivity contribution in [3.05, 3.63) is 24.0 Å². The number of hydrogen-bond donors (Lipinski definition) is 0. The molecule has 0 fully saturated rings. The Balaban J connectivity index is 2.59. The summed E-state index contributed by atoms with van der Waals surface area (Å²) in [5.74, 6) is 0.671. The van der Waals surface area contributed by atoms with Gasteiger partial charge in [0.1, 0.15) is 0 Å². The smallest absolute Gasteiger partial charge is 0.164 e. The molecule has 3 nitrogen and oxygen atoms in total. The molecule has 1 aromatic heterocycles. The number of carbonyl (C=O) groups excluding carboxylic acids is 1. The van der Waals surface area contributed by atoms with Gasteiger partial charge in [-0.15, -0.1) is 0 Å². The van der Waals surface area contributed by atoms with Gasteiger partial charge in [-0.1, -0.05) is 26.7 Å². The lowest BCUT2D eigenvalue weighted by Crippen LogP contribution is -2.07. The van der Waals surface area contributed by atoms with Crippen LogP contribution in [0, 0.1) is 5.92 Å². The second-order valence-electron chi connectivity index (χ2n) is 3.44. The second-order valence-corrected chi connectivity index (χ2v) is 3.44. The zero-order valence-electron chi connectivity index (χ0n) is 8.73. The van der Waals surface area contributed by atoms with Gasteiger partial charge in [0.05, 0.1) is 12.4 Å². The molecule has 1 heterocycles. The minimum absolute atomic E-state index is 0.175. The minimum Gasteiger partial charge on any atom is -0.294 e. The molecule has 0 spiro atoms. The van der Waals surface area contributed by atoms with Crippen molar-refractivity contribution < 1.29 is 4.79 Å². The van der Waals surface area contributed by atoms with Crippen LogP contribution >= 0.6 is 0 Å². The van der Waals surface area contributed by atoms with E-state index in [2.05, 4.69) is 24.0 Å². The van der Waals surface area contributed by atoms with E-state index in [0.717, 1.165) is 12.8 Å². The van der Waals surface area contributed by atoms with Gasteiger partial charge in [-0.3, -0.25) is 4.79 Å². The van der Waals surface area contributed by atoms with Crippen molar-refractivity contribution in [2.24, 2.45) is 5.92 Å². The van der Waals surface area contributed by atoms with Crippen LogP contribution in [0.4, 0.5) is 0 Å². The number of carbonyl (C=O) groups is 1. The van der Waals surface area contributed by atoms with Crippen LogP contribution < -0.4 is 0 Å². The van der Waals surface area contributed by atoms with E-state index in [9.17, 15) is 4.79 Å². The molecule has 0 aliphatic rings. The predicted molar refractivity (Wildman–Crippen MR) is 55.1 cm³/mol. The summed E-state index contributed by atoms with van der Waals surface area (Å²) >= 11 is 0. The summed E-state index contributed by atoms with van der Waals surface area (Å²) in [6.07, 6.45) is 5.82. The van der Waals surface area contributed by atoms with Crippen LogP contribution in [0.15, 0.2) is 18.5 Å². The Hall–Kier alpha value is -1.25. The van der Waals surface area contributed by atoms with E-state index in [1.165, 1.54) is 6.20 Å².